The van der Waals surface area contributed by atoms with Crippen molar-refractivity contribution in [2.45, 2.75) is 197 Å². The van der Waals surface area contributed by atoms with Crippen LogP contribution < -0.4 is 54.0 Å². The van der Waals surface area contributed by atoms with Crippen molar-refractivity contribution >= 4 is 118 Å². The van der Waals surface area contributed by atoms with Crippen LogP contribution in [0, 0.1) is 5.92 Å². The number of imidazole rings is 1. The van der Waals surface area contributed by atoms with Crippen molar-refractivity contribution < 1.29 is 82.1 Å². The van der Waals surface area contributed by atoms with E-state index in [0.717, 1.165) is 11.8 Å². The van der Waals surface area contributed by atoms with Gasteiger partial charge in [0.1, 0.15) is 72.5 Å². The summed E-state index contributed by atoms with van der Waals surface area (Å²) in [6.45, 7) is 5.60. The number of aromatic amines is 1. The van der Waals surface area contributed by atoms with Crippen LogP contribution in [0.4, 0.5) is 5.69 Å². The maximum Gasteiger partial charge on any atom is 0.247 e. The summed E-state index contributed by atoms with van der Waals surface area (Å²) in [6.07, 6.45) is 9.54. The first-order valence-electron chi connectivity index (χ1n) is 40.8. The number of anilines is 1. The summed E-state index contributed by atoms with van der Waals surface area (Å²) in [7, 11) is 5.86. The number of ether oxygens (including phenoxy) is 1. The standard InChI is InChI=1S/C84H118N18O17S/c1-9-11-24-69(79(113)92-52(3)75(109)90-34-39-120-40-37-103)99(7)84(118)70(25-12-10-2)100(8)83(117)67-43-58(62-22-16-17-23-63(62)85)46-88-45-57(55-19-14-13-15-20-55)42-65(77(111)96-68(49-105)78(112)95-67)94-80(114)71-50-119-38-36-102(71)81(115)56(28-30-59-47-89-51-91-59)29-33-73(108)97-74(101-35-18-21-60(101)48-104)64(44-72(86)107)93-76(110)53(4)98(6)82(116)66(87-5)41-54-26-31-61(106)32-27-54/h13-17,19-20,22-23,26-27,31-32,37,45-48,51-53,56,60,64-71,87-88,105-106H,9-12,18,21,24-25,28-30,33-36,38-44,49-50,85H2,1-8H3,(H2,86,107)(H,89,91)(H,90,109)(H,92,113)(H,93,110)(H,94,114)(H,95,112)(H,96,111)/b57-45-,58-46-,97-74+/t52?,53-,56-,60?,64?,65?,66?,67?,68-,69?,70?,71?/m0/s1. The van der Waals surface area contributed by atoms with E-state index in [2.05, 4.69) is 57.5 Å². The van der Waals surface area contributed by atoms with E-state index < -0.39 is 163 Å². The van der Waals surface area contributed by atoms with Crippen LogP contribution in [0.5, 0.6) is 5.75 Å². The number of amides is 12. The predicted molar refractivity (Wildman–Crippen MR) is 451 cm³/mol. The highest BCUT2D eigenvalue weighted by atomic mass is 32.2. The number of carbonyl (C=O) groups is 14. The highest BCUT2D eigenvalue weighted by molar-refractivity contribution is 7.99. The predicted octanol–water partition coefficient (Wildman–Crippen LogP) is 1.38. The molecule has 7 rings (SSSR count). The van der Waals surface area contributed by atoms with Gasteiger partial charge in [0.25, 0.3) is 0 Å². The largest absolute Gasteiger partial charge is 0.508 e. The molecule has 3 aliphatic heterocycles. The van der Waals surface area contributed by atoms with Crippen molar-refractivity contribution in [1.82, 2.24) is 77.0 Å². The lowest BCUT2D eigenvalue weighted by atomic mass is 9.93. The number of nitrogen functional groups attached to an aromatic ring is 1. The Kier molecular flexibility index (Phi) is 38.8. The zero-order chi connectivity index (χ0) is 87.5. The molecule has 652 valence electrons. The second-order valence-electron chi connectivity index (χ2n) is 30.2. The Balaban J connectivity index is 1.18. The van der Waals surface area contributed by atoms with E-state index in [1.54, 1.807) is 92.4 Å². The molecule has 1 aromatic heterocycles. The Morgan fingerprint density at radius 1 is 0.783 bits per heavy atom. The molecule has 0 saturated carbocycles. The Hall–Kier alpha value is -11.4. The van der Waals surface area contributed by atoms with Gasteiger partial charge in [-0.05, 0) is 113 Å². The van der Waals surface area contributed by atoms with Gasteiger partial charge in [0.15, 0.2) is 0 Å². The van der Waals surface area contributed by atoms with Crippen molar-refractivity contribution in [2.24, 2.45) is 16.6 Å². The number of thioether (sulfide) groups is 1. The molecule has 0 radical (unpaired) electrons. The molecule has 3 aromatic carbocycles. The van der Waals surface area contributed by atoms with Gasteiger partial charge >= 0.3 is 0 Å². The number of aldehydes is 2. The highest BCUT2D eigenvalue weighted by Crippen LogP contribution is 2.30. The molecule has 4 heterocycles. The van der Waals surface area contributed by atoms with Gasteiger partial charge in [-0.15, -0.1) is 0 Å². The number of amidine groups is 1. The molecule has 15 N–H and O–H groups in total. The number of nitrogens with one attached hydrogen (secondary N) is 9. The molecule has 3 aliphatic rings. The van der Waals surface area contributed by atoms with Crippen molar-refractivity contribution in [2.75, 3.05) is 84.9 Å². The van der Waals surface area contributed by atoms with E-state index in [1.165, 1.54) is 89.7 Å². The summed E-state index contributed by atoms with van der Waals surface area (Å²) in [5.74, 6) is -9.39. The molecule has 120 heavy (non-hydrogen) atoms. The number of primary amides is 1. The van der Waals surface area contributed by atoms with Crippen LogP contribution in [0.1, 0.15) is 140 Å². The Labute approximate surface area is 703 Å². The number of benzene rings is 3. The molecule has 4 aromatic rings. The third-order valence-electron chi connectivity index (χ3n) is 21.7. The minimum Gasteiger partial charge on any atom is -0.508 e. The quantitative estimate of drug-likeness (QED) is 0.00981. The topological polar surface area (TPSA) is 494 Å². The van der Waals surface area contributed by atoms with Gasteiger partial charge in [0.2, 0.25) is 70.9 Å². The maximum absolute atomic E-state index is 15.6. The lowest BCUT2D eigenvalue weighted by molar-refractivity contribution is -0.152. The Bertz CT molecular complexity index is 4250. The number of aryl methyl sites for hydroxylation is 1. The number of phenols is 1. The van der Waals surface area contributed by atoms with E-state index in [4.69, 9.17) is 16.2 Å². The molecule has 9 unspecified atom stereocenters. The summed E-state index contributed by atoms with van der Waals surface area (Å²) >= 11 is 1.33. The van der Waals surface area contributed by atoms with Gasteiger partial charge in [-0.25, -0.2) is 4.98 Å². The minimum absolute atomic E-state index is 0.0402. The Morgan fingerprint density at radius 2 is 1.48 bits per heavy atom. The number of hydrogen-bond donors (Lipinski definition) is 13. The second-order valence-corrected chi connectivity index (χ2v) is 31.3. The minimum atomic E-state index is -1.82. The van der Waals surface area contributed by atoms with Crippen LogP contribution in [0.3, 0.4) is 0 Å². The van der Waals surface area contributed by atoms with Gasteiger partial charge in [-0.3, -0.25) is 57.5 Å². The number of rotatable bonds is 41. The van der Waals surface area contributed by atoms with Gasteiger partial charge in [-0.2, -0.15) is 16.8 Å². The summed E-state index contributed by atoms with van der Waals surface area (Å²) in [5.41, 5.74) is 15.9. The molecule has 35 nitrogen and oxygen atoms in total. The molecule has 36 heteroatoms. The zero-order valence-corrected chi connectivity index (χ0v) is 70.4. The van der Waals surface area contributed by atoms with E-state index in [-0.39, 0.29) is 107 Å². The van der Waals surface area contributed by atoms with Gasteiger partial charge in [0.05, 0.1) is 50.7 Å². The number of carbonyl (C=O) groups excluding carboxylic acids is 14. The molecular weight excluding hydrogens is 1570 g/mol. The first-order chi connectivity index (χ1) is 57.6. The zero-order valence-electron chi connectivity index (χ0n) is 69.6. The fraction of sp³-hybridized carbons (Fsp3) is 0.524. The molecule has 12 amide bonds. The second kappa shape index (κ2) is 48.6. The number of H-pyrrole nitrogens is 1. The molecule has 0 spiro atoms. The number of nitrogens with zero attached hydrogens (tertiary/aromatic N) is 7. The number of aliphatic hydroxyl groups excluding tert-OH is 1. The van der Waals surface area contributed by atoms with Crippen molar-refractivity contribution in [3.8, 4) is 5.75 Å². The third kappa shape index (κ3) is 27.9. The van der Waals surface area contributed by atoms with E-state index in [9.17, 15) is 48.6 Å². The molecule has 0 aliphatic carbocycles. The fourth-order valence-electron chi connectivity index (χ4n) is 14.5. The van der Waals surface area contributed by atoms with Crippen molar-refractivity contribution in [1.29, 1.82) is 0 Å². The smallest absolute Gasteiger partial charge is 0.247 e. The normalized spacial score (nSPS) is 19.9. The molecule has 0 bridgehead atoms. The number of hydrogen-bond acceptors (Lipinski definition) is 22. The molecule has 2 saturated heterocycles. The van der Waals surface area contributed by atoms with Crippen LogP contribution >= 0.6 is 11.8 Å². The molecular formula is C84H118N18O17S. The van der Waals surface area contributed by atoms with Gasteiger partial charge < -0.3 is 108 Å². The number of aliphatic imine (C=N–C) groups is 1. The fourth-order valence-corrected chi connectivity index (χ4v) is 15.0. The van der Waals surface area contributed by atoms with Crippen LogP contribution in [0.2, 0.25) is 0 Å². The lowest BCUT2D eigenvalue weighted by Crippen LogP contribution is -2.62. The number of aromatic hydroxyl groups is 1. The van der Waals surface area contributed by atoms with Crippen molar-refractivity contribution in [3.05, 3.63) is 126 Å². The first kappa shape index (κ1) is 95.8. The van der Waals surface area contributed by atoms with E-state index >= 15 is 28.8 Å². The third-order valence-corrected chi connectivity index (χ3v) is 22.5. The monoisotopic (exact) mass is 1680 g/mol. The SMILES string of the molecule is CCCCC(C(=O)N(C)C(CCCC)C(=O)NC(C)C(=O)NCCSCC=O)N(C)C(=O)C1C/C(c2ccccc2N)=C/N/C=C(\c2ccccc2)CC(NC(=O)C2COCCN2C(=O)[C@H](CCC(=O)/N=C(\C(CC(N)=O)NC(=O)[C@H](C)N(C)C(=O)C(Cc2ccc(O)cc2)NC)N2CCCC2C=O)CCc2cnc[nH]2)C(=O)N[C@@H](CO)C(=O)N1. The van der Waals surface area contributed by atoms with Gasteiger partial charge in [0, 0.05) is 113 Å². The molecule has 2 fully saturated rings. The number of para-hydroxylation sites is 1. The summed E-state index contributed by atoms with van der Waals surface area (Å²) in [6, 6.07) is 7.83. The lowest BCUT2D eigenvalue weighted by Gasteiger charge is -2.37. The summed E-state index contributed by atoms with van der Waals surface area (Å²) in [4.78, 5) is 217. The highest BCUT2D eigenvalue weighted by Gasteiger charge is 2.43. The van der Waals surface area contributed by atoms with Crippen LogP contribution in [-0.2, 0) is 84.7 Å². The maximum atomic E-state index is 15.6. The van der Waals surface area contributed by atoms with Crippen LogP contribution in [0.15, 0.2) is 109 Å². The average molecular weight is 1680 g/mol. The van der Waals surface area contributed by atoms with Crippen LogP contribution in [-0.4, -0.2) is 280 Å². The number of likely N-dealkylation sites (N-methyl/N-ethyl adjacent to an activating group) is 4. The summed E-state index contributed by atoms with van der Waals surface area (Å²) < 4.78 is 5.90. The number of aromatic nitrogens is 2. The van der Waals surface area contributed by atoms with Gasteiger partial charge in [-0.1, -0.05) is 100 Å². The van der Waals surface area contributed by atoms with Crippen LogP contribution in [0.25, 0.3) is 11.1 Å². The average Bonchev–Trinajstić information content (AvgIpc) is 1.38. The molecule has 12 atom stereocenters. The number of phenolic OH excluding ortho intramolecular Hbond substituents is 1. The number of nitrogens with two attached hydrogens (primary N) is 2. The van der Waals surface area contributed by atoms with Crippen molar-refractivity contribution in [3.63, 3.8) is 0 Å². The Morgan fingerprint density at radius 3 is 2.14 bits per heavy atom. The number of aliphatic hydroxyl groups is 1. The summed E-state index contributed by atoms with van der Waals surface area (Å²) in [5, 5.41) is 43.6. The number of morpholine rings is 1. The first-order valence-corrected chi connectivity index (χ1v) is 41.9. The van der Waals surface area contributed by atoms with E-state index in [1.807, 2.05) is 13.8 Å². The number of unbranched alkanes of at least 4 members (excludes halogenated alkanes) is 2. The number of likely N-dealkylation sites (tertiary alicyclic amines) is 1. The van der Waals surface area contributed by atoms with E-state index in [0.29, 0.717) is 78.5 Å².